The van der Waals surface area contributed by atoms with Gasteiger partial charge in [-0.05, 0) is 61.2 Å². The van der Waals surface area contributed by atoms with Gasteiger partial charge in [-0.15, -0.1) is 0 Å². The second kappa shape index (κ2) is 10.6. The van der Waals surface area contributed by atoms with Crippen molar-refractivity contribution in [2.45, 2.75) is 18.8 Å². The fourth-order valence-corrected chi connectivity index (χ4v) is 3.14. The first-order valence-electron chi connectivity index (χ1n) is 10.7. The van der Waals surface area contributed by atoms with Gasteiger partial charge < -0.3 is 24.8 Å². The summed E-state index contributed by atoms with van der Waals surface area (Å²) in [6.45, 7) is 4.50. The number of hydrogen-bond acceptors (Lipinski definition) is 7. The molecule has 1 amide bonds. The molecule has 0 bridgehead atoms. The highest BCUT2D eigenvalue weighted by Gasteiger charge is 2.29. The van der Waals surface area contributed by atoms with Gasteiger partial charge in [-0.1, -0.05) is 12.6 Å². The lowest BCUT2D eigenvalue weighted by Gasteiger charge is -2.13. The zero-order valence-electron chi connectivity index (χ0n) is 18.4. The number of carbonyl (C=O) groups excluding carboxylic acids is 1. The van der Waals surface area contributed by atoms with E-state index < -0.39 is 0 Å². The predicted molar refractivity (Wildman–Crippen MR) is 126 cm³/mol. The van der Waals surface area contributed by atoms with Crippen LogP contribution >= 0.6 is 0 Å². The molecule has 0 atom stereocenters. The number of ether oxygens (including phenoxy) is 3. The highest BCUT2D eigenvalue weighted by molar-refractivity contribution is 5.98. The maximum atomic E-state index is 11.6. The summed E-state index contributed by atoms with van der Waals surface area (Å²) in [5.41, 5.74) is 2.42. The van der Waals surface area contributed by atoms with Crippen molar-refractivity contribution in [2.75, 3.05) is 31.0 Å². The number of carbonyl (C=O) groups is 1. The van der Waals surface area contributed by atoms with Crippen LogP contribution in [0.5, 0.6) is 17.4 Å². The number of nitrogens with one attached hydrogen (secondary N) is 2. The summed E-state index contributed by atoms with van der Waals surface area (Å²) in [5.74, 6) is 2.38. The number of benzene rings is 2. The van der Waals surface area contributed by atoms with Crippen molar-refractivity contribution < 1.29 is 19.0 Å². The van der Waals surface area contributed by atoms with Crippen LogP contribution in [0.2, 0.25) is 0 Å². The Morgan fingerprint density at radius 1 is 1.12 bits per heavy atom. The standard InChI is InChI=1S/C25H26N4O4/c1-3-23(30)27-19-5-4-6-21(15-19)33-24-22(17-7-8-17)16-26-25(29-24)28-18-9-11-20(12-10-18)32-14-13-31-2/h3-6,9-12,15-17H,1,7-8,13-14H2,2H3,(H,27,30)(H,26,28,29). The zero-order chi connectivity index (χ0) is 23.0. The number of aromatic nitrogens is 2. The van der Waals surface area contributed by atoms with Crippen LogP contribution < -0.4 is 20.1 Å². The van der Waals surface area contributed by atoms with Crippen LogP contribution in [-0.4, -0.2) is 36.2 Å². The molecule has 0 spiro atoms. The van der Waals surface area contributed by atoms with E-state index in [-0.39, 0.29) is 5.91 Å². The second-order valence-electron chi connectivity index (χ2n) is 7.54. The molecular formula is C25H26N4O4. The van der Waals surface area contributed by atoms with Crippen LogP contribution in [0.4, 0.5) is 17.3 Å². The highest BCUT2D eigenvalue weighted by Crippen LogP contribution is 2.44. The molecule has 1 aliphatic rings. The second-order valence-corrected chi connectivity index (χ2v) is 7.54. The lowest BCUT2D eigenvalue weighted by atomic mass is 10.2. The molecule has 8 nitrogen and oxygen atoms in total. The molecule has 0 unspecified atom stereocenters. The lowest BCUT2D eigenvalue weighted by molar-refractivity contribution is -0.111. The molecule has 4 rings (SSSR count). The van der Waals surface area contributed by atoms with Crippen molar-refractivity contribution in [3.63, 3.8) is 0 Å². The van der Waals surface area contributed by atoms with Gasteiger partial charge in [0.1, 0.15) is 18.1 Å². The van der Waals surface area contributed by atoms with E-state index in [0.29, 0.717) is 42.4 Å². The Morgan fingerprint density at radius 3 is 2.67 bits per heavy atom. The van der Waals surface area contributed by atoms with Gasteiger partial charge in [-0.3, -0.25) is 4.79 Å². The molecule has 1 aromatic heterocycles. The van der Waals surface area contributed by atoms with E-state index in [1.54, 1.807) is 25.3 Å². The average molecular weight is 447 g/mol. The Hall–Kier alpha value is -3.91. The molecule has 0 radical (unpaired) electrons. The molecule has 1 heterocycles. The molecule has 3 aromatic rings. The molecule has 1 saturated carbocycles. The van der Waals surface area contributed by atoms with Crippen LogP contribution in [0.15, 0.2) is 67.4 Å². The van der Waals surface area contributed by atoms with Gasteiger partial charge in [0, 0.05) is 36.3 Å². The molecule has 2 aromatic carbocycles. The number of rotatable bonds is 11. The third-order valence-electron chi connectivity index (χ3n) is 4.97. The summed E-state index contributed by atoms with van der Waals surface area (Å²) in [6, 6.07) is 14.7. The quantitative estimate of drug-likeness (QED) is 0.315. The number of methoxy groups -OCH3 is 1. The van der Waals surface area contributed by atoms with Gasteiger partial charge in [0.2, 0.25) is 17.7 Å². The van der Waals surface area contributed by atoms with Crippen molar-refractivity contribution in [3.8, 4) is 17.4 Å². The minimum absolute atomic E-state index is 0.283. The van der Waals surface area contributed by atoms with Gasteiger partial charge >= 0.3 is 0 Å². The van der Waals surface area contributed by atoms with Gasteiger partial charge in [0.05, 0.1) is 6.61 Å². The Morgan fingerprint density at radius 2 is 1.94 bits per heavy atom. The number of hydrogen-bond donors (Lipinski definition) is 2. The van der Waals surface area contributed by atoms with Crippen LogP contribution in [0.3, 0.4) is 0 Å². The Balaban J connectivity index is 1.49. The maximum absolute atomic E-state index is 11.6. The van der Waals surface area contributed by atoms with Gasteiger partial charge in [0.25, 0.3) is 0 Å². The molecule has 170 valence electrons. The third-order valence-corrected chi connectivity index (χ3v) is 4.97. The first kappa shape index (κ1) is 22.3. The number of nitrogens with zero attached hydrogens (tertiary/aromatic N) is 2. The monoisotopic (exact) mass is 446 g/mol. The van der Waals surface area contributed by atoms with E-state index in [4.69, 9.17) is 14.2 Å². The fraction of sp³-hybridized carbons (Fsp3) is 0.240. The van der Waals surface area contributed by atoms with Crippen LogP contribution in [-0.2, 0) is 9.53 Å². The Labute approximate surface area is 192 Å². The Bertz CT molecular complexity index is 1110. The lowest BCUT2D eigenvalue weighted by Crippen LogP contribution is -2.07. The molecule has 8 heteroatoms. The summed E-state index contributed by atoms with van der Waals surface area (Å²) in [5, 5.41) is 5.94. The van der Waals surface area contributed by atoms with Crippen molar-refractivity contribution >= 4 is 23.2 Å². The van der Waals surface area contributed by atoms with E-state index in [9.17, 15) is 4.79 Å². The minimum atomic E-state index is -0.283. The van der Waals surface area contributed by atoms with E-state index >= 15 is 0 Å². The Kier molecular flexibility index (Phi) is 7.16. The van der Waals surface area contributed by atoms with Gasteiger partial charge in [-0.25, -0.2) is 4.98 Å². The molecule has 0 aliphatic heterocycles. The highest BCUT2D eigenvalue weighted by atomic mass is 16.5. The molecule has 1 aliphatic carbocycles. The maximum Gasteiger partial charge on any atom is 0.247 e. The summed E-state index contributed by atoms with van der Waals surface area (Å²) < 4.78 is 16.7. The normalized spacial score (nSPS) is 12.6. The van der Waals surface area contributed by atoms with Crippen LogP contribution in [0.25, 0.3) is 0 Å². The van der Waals surface area contributed by atoms with Crippen molar-refractivity contribution in [1.82, 2.24) is 9.97 Å². The van der Waals surface area contributed by atoms with E-state index in [1.807, 2.05) is 36.5 Å². The molecule has 2 N–H and O–H groups in total. The molecule has 0 saturated heterocycles. The van der Waals surface area contributed by atoms with Crippen molar-refractivity contribution in [3.05, 3.63) is 72.9 Å². The number of anilines is 3. The SMILES string of the molecule is C=CC(=O)Nc1cccc(Oc2nc(Nc3ccc(OCCOC)cc3)ncc2C2CC2)c1. The summed E-state index contributed by atoms with van der Waals surface area (Å²) in [6.07, 6.45) is 5.21. The van der Waals surface area contributed by atoms with Crippen molar-refractivity contribution in [1.29, 1.82) is 0 Å². The topological polar surface area (TPSA) is 94.6 Å². The molecular weight excluding hydrogens is 420 g/mol. The average Bonchev–Trinajstić information content (AvgIpc) is 3.66. The first-order valence-corrected chi connectivity index (χ1v) is 10.7. The largest absolute Gasteiger partial charge is 0.491 e. The third kappa shape index (κ3) is 6.30. The molecule has 33 heavy (non-hydrogen) atoms. The summed E-state index contributed by atoms with van der Waals surface area (Å²) in [4.78, 5) is 20.7. The minimum Gasteiger partial charge on any atom is -0.491 e. The predicted octanol–water partition coefficient (Wildman–Crippen LogP) is 5.04. The van der Waals surface area contributed by atoms with E-state index in [1.165, 1.54) is 6.08 Å². The first-order chi connectivity index (χ1) is 16.1. The van der Waals surface area contributed by atoms with Crippen molar-refractivity contribution in [2.24, 2.45) is 0 Å². The van der Waals surface area contributed by atoms with E-state index in [2.05, 4.69) is 27.2 Å². The van der Waals surface area contributed by atoms with Gasteiger partial charge in [-0.2, -0.15) is 4.98 Å². The van der Waals surface area contributed by atoms with Gasteiger partial charge in [0.15, 0.2) is 0 Å². The van der Waals surface area contributed by atoms with Crippen LogP contribution in [0, 0.1) is 0 Å². The van der Waals surface area contributed by atoms with E-state index in [0.717, 1.165) is 29.8 Å². The number of amides is 1. The van der Waals surface area contributed by atoms with Crippen LogP contribution in [0.1, 0.15) is 24.3 Å². The zero-order valence-corrected chi connectivity index (χ0v) is 18.4. The summed E-state index contributed by atoms with van der Waals surface area (Å²) in [7, 11) is 1.64. The smallest absolute Gasteiger partial charge is 0.247 e. The fourth-order valence-electron chi connectivity index (χ4n) is 3.14. The molecule has 1 fully saturated rings. The summed E-state index contributed by atoms with van der Waals surface area (Å²) >= 11 is 0.